The van der Waals surface area contributed by atoms with Crippen LogP contribution in [0.2, 0.25) is 0 Å². The van der Waals surface area contributed by atoms with Gasteiger partial charge in [0.15, 0.2) is 11.6 Å². The second kappa shape index (κ2) is 7.51. The van der Waals surface area contributed by atoms with E-state index in [2.05, 4.69) is 9.97 Å². The molecular weight excluding hydrogens is 348 g/mol. The van der Waals surface area contributed by atoms with Crippen molar-refractivity contribution in [1.29, 1.82) is 0 Å². The standard InChI is InChI=1S/C17H17F2N3O4/c1-10-15(25-12-4-6-22(7-5-12)17(23)24)20-9-21-16(10)26-14-3-2-11(18)8-13(14)19/h2-3,8-9,12H,4-7H2,1H3,(H,23,24). The van der Waals surface area contributed by atoms with Gasteiger partial charge in [0.05, 0.1) is 5.56 Å². The molecule has 0 radical (unpaired) electrons. The molecule has 2 heterocycles. The molecule has 7 nitrogen and oxygen atoms in total. The van der Waals surface area contributed by atoms with E-state index in [1.165, 1.54) is 17.3 Å². The first-order chi connectivity index (χ1) is 12.4. The van der Waals surface area contributed by atoms with Gasteiger partial charge in [-0.25, -0.2) is 23.5 Å². The van der Waals surface area contributed by atoms with Crippen molar-refractivity contribution < 1.29 is 28.2 Å². The SMILES string of the molecule is Cc1c(Oc2ccc(F)cc2F)ncnc1OC1CCN(C(=O)O)CC1. The number of hydrogen-bond acceptors (Lipinski definition) is 5. The van der Waals surface area contributed by atoms with E-state index < -0.39 is 17.7 Å². The summed E-state index contributed by atoms with van der Waals surface area (Å²) in [4.78, 5) is 20.3. The summed E-state index contributed by atoms with van der Waals surface area (Å²) in [6.45, 7) is 2.43. The molecule has 1 fully saturated rings. The van der Waals surface area contributed by atoms with Crippen molar-refractivity contribution in [3.8, 4) is 17.5 Å². The minimum atomic E-state index is -0.946. The normalized spacial score (nSPS) is 15.0. The van der Waals surface area contributed by atoms with Crippen LogP contribution in [-0.4, -0.2) is 45.3 Å². The maximum Gasteiger partial charge on any atom is 0.407 e. The zero-order chi connectivity index (χ0) is 18.7. The third-order valence-electron chi connectivity index (χ3n) is 4.08. The van der Waals surface area contributed by atoms with E-state index in [4.69, 9.17) is 14.6 Å². The molecule has 0 aliphatic carbocycles. The number of piperidine rings is 1. The van der Waals surface area contributed by atoms with E-state index in [0.717, 1.165) is 12.1 Å². The molecule has 1 saturated heterocycles. The lowest BCUT2D eigenvalue weighted by Crippen LogP contribution is -2.41. The lowest BCUT2D eigenvalue weighted by atomic mass is 10.1. The highest BCUT2D eigenvalue weighted by molar-refractivity contribution is 5.65. The van der Waals surface area contributed by atoms with Crippen LogP contribution in [0.3, 0.4) is 0 Å². The van der Waals surface area contributed by atoms with Crippen LogP contribution < -0.4 is 9.47 Å². The second-order valence-corrected chi connectivity index (χ2v) is 5.87. The van der Waals surface area contributed by atoms with E-state index in [9.17, 15) is 13.6 Å². The number of ether oxygens (including phenoxy) is 2. The molecule has 0 saturated carbocycles. The van der Waals surface area contributed by atoms with Gasteiger partial charge in [0.2, 0.25) is 11.8 Å². The maximum absolute atomic E-state index is 13.8. The van der Waals surface area contributed by atoms with Gasteiger partial charge in [-0.15, -0.1) is 0 Å². The number of likely N-dealkylation sites (tertiary alicyclic amines) is 1. The summed E-state index contributed by atoms with van der Waals surface area (Å²) in [5.41, 5.74) is 0.469. The Kier molecular flexibility index (Phi) is 5.15. The molecule has 2 aromatic rings. The molecule has 1 aliphatic heterocycles. The largest absolute Gasteiger partial charge is 0.474 e. The molecule has 1 aromatic heterocycles. The van der Waals surface area contributed by atoms with Crippen molar-refractivity contribution >= 4 is 6.09 Å². The predicted molar refractivity (Wildman–Crippen MR) is 86.4 cm³/mol. The molecule has 26 heavy (non-hydrogen) atoms. The minimum Gasteiger partial charge on any atom is -0.474 e. The zero-order valence-corrected chi connectivity index (χ0v) is 14.0. The monoisotopic (exact) mass is 365 g/mol. The number of amides is 1. The topological polar surface area (TPSA) is 84.8 Å². The Labute approximate surface area is 148 Å². The Morgan fingerprint density at radius 3 is 2.58 bits per heavy atom. The molecule has 3 rings (SSSR count). The fourth-order valence-corrected chi connectivity index (χ4v) is 2.63. The van der Waals surface area contributed by atoms with Crippen molar-refractivity contribution in [2.24, 2.45) is 0 Å². The van der Waals surface area contributed by atoms with Gasteiger partial charge in [-0.05, 0) is 19.1 Å². The van der Waals surface area contributed by atoms with Gasteiger partial charge in [0, 0.05) is 32.0 Å². The van der Waals surface area contributed by atoms with Crippen LogP contribution in [0.15, 0.2) is 24.5 Å². The van der Waals surface area contributed by atoms with Crippen LogP contribution in [-0.2, 0) is 0 Å². The number of carbonyl (C=O) groups is 1. The van der Waals surface area contributed by atoms with Crippen molar-refractivity contribution in [3.05, 3.63) is 41.7 Å². The molecule has 0 bridgehead atoms. The Hall–Kier alpha value is -2.97. The first-order valence-electron chi connectivity index (χ1n) is 8.03. The van der Waals surface area contributed by atoms with Crippen molar-refractivity contribution in [1.82, 2.24) is 14.9 Å². The Morgan fingerprint density at radius 2 is 1.92 bits per heavy atom. The molecule has 0 spiro atoms. The third-order valence-corrected chi connectivity index (χ3v) is 4.08. The molecule has 1 N–H and O–H groups in total. The molecule has 1 aliphatic rings. The first-order valence-corrected chi connectivity index (χ1v) is 8.03. The van der Waals surface area contributed by atoms with Gasteiger partial charge in [-0.2, -0.15) is 0 Å². The fourth-order valence-electron chi connectivity index (χ4n) is 2.63. The fraction of sp³-hybridized carbons (Fsp3) is 0.353. The maximum atomic E-state index is 13.8. The Bertz CT molecular complexity index is 811. The minimum absolute atomic E-state index is 0.100. The van der Waals surface area contributed by atoms with Gasteiger partial charge in [-0.1, -0.05) is 0 Å². The van der Waals surface area contributed by atoms with E-state index in [1.54, 1.807) is 6.92 Å². The van der Waals surface area contributed by atoms with Gasteiger partial charge in [0.25, 0.3) is 0 Å². The van der Waals surface area contributed by atoms with Crippen LogP contribution >= 0.6 is 0 Å². The van der Waals surface area contributed by atoms with Crippen LogP contribution in [0.4, 0.5) is 13.6 Å². The van der Waals surface area contributed by atoms with Gasteiger partial charge >= 0.3 is 6.09 Å². The molecule has 1 aromatic carbocycles. The smallest absolute Gasteiger partial charge is 0.407 e. The summed E-state index contributed by atoms with van der Waals surface area (Å²) in [5.74, 6) is -1.32. The van der Waals surface area contributed by atoms with Crippen LogP contribution in [0.5, 0.6) is 17.5 Å². The molecular formula is C17H17F2N3O4. The Balaban J connectivity index is 1.70. The molecule has 0 atom stereocenters. The van der Waals surface area contributed by atoms with Gasteiger partial charge in [0.1, 0.15) is 18.2 Å². The summed E-state index contributed by atoms with van der Waals surface area (Å²) < 4.78 is 38.0. The summed E-state index contributed by atoms with van der Waals surface area (Å²) in [6, 6.07) is 2.98. The average Bonchev–Trinajstić information content (AvgIpc) is 2.61. The number of aromatic nitrogens is 2. The van der Waals surface area contributed by atoms with E-state index >= 15 is 0 Å². The van der Waals surface area contributed by atoms with E-state index in [-0.39, 0.29) is 23.6 Å². The van der Waals surface area contributed by atoms with E-state index in [0.29, 0.717) is 31.5 Å². The highest BCUT2D eigenvalue weighted by Gasteiger charge is 2.25. The molecule has 0 unspecified atom stereocenters. The third kappa shape index (κ3) is 3.98. The van der Waals surface area contributed by atoms with Crippen LogP contribution in [0, 0.1) is 18.6 Å². The number of halogens is 2. The number of hydrogen-bond donors (Lipinski definition) is 1. The highest BCUT2D eigenvalue weighted by atomic mass is 19.1. The predicted octanol–water partition coefficient (Wildman–Crippen LogP) is 3.38. The molecule has 1 amide bonds. The molecule has 9 heteroatoms. The lowest BCUT2D eigenvalue weighted by molar-refractivity contribution is 0.0864. The highest BCUT2D eigenvalue weighted by Crippen LogP contribution is 2.30. The summed E-state index contributed by atoms with van der Waals surface area (Å²) in [5, 5.41) is 8.97. The number of nitrogens with zero attached hydrogens (tertiary/aromatic N) is 3. The second-order valence-electron chi connectivity index (χ2n) is 5.87. The Morgan fingerprint density at radius 1 is 1.23 bits per heavy atom. The molecule has 138 valence electrons. The average molecular weight is 365 g/mol. The number of benzene rings is 1. The number of carboxylic acid groups (broad SMARTS) is 1. The van der Waals surface area contributed by atoms with Crippen molar-refractivity contribution in [2.45, 2.75) is 25.9 Å². The van der Waals surface area contributed by atoms with E-state index in [1.807, 2.05) is 0 Å². The van der Waals surface area contributed by atoms with Gasteiger partial charge in [-0.3, -0.25) is 0 Å². The van der Waals surface area contributed by atoms with Crippen LogP contribution in [0.1, 0.15) is 18.4 Å². The summed E-state index contributed by atoms with van der Waals surface area (Å²) in [7, 11) is 0. The van der Waals surface area contributed by atoms with Gasteiger partial charge < -0.3 is 19.5 Å². The lowest BCUT2D eigenvalue weighted by Gasteiger charge is -2.30. The summed E-state index contributed by atoms with van der Waals surface area (Å²) in [6.07, 6.45) is 1.18. The quantitative estimate of drug-likeness (QED) is 0.894. The number of rotatable bonds is 4. The van der Waals surface area contributed by atoms with Crippen molar-refractivity contribution in [2.75, 3.05) is 13.1 Å². The zero-order valence-electron chi connectivity index (χ0n) is 14.0. The summed E-state index contributed by atoms with van der Waals surface area (Å²) >= 11 is 0. The van der Waals surface area contributed by atoms with Crippen molar-refractivity contribution in [3.63, 3.8) is 0 Å². The van der Waals surface area contributed by atoms with Crippen LogP contribution in [0.25, 0.3) is 0 Å². The first kappa shape index (κ1) is 17.8.